The van der Waals surface area contributed by atoms with Crippen molar-refractivity contribution in [2.45, 2.75) is 26.9 Å². The number of ether oxygens (including phenoxy) is 1. The molecule has 0 bridgehead atoms. The summed E-state index contributed by atoms with van der Waals surface area (Å²) >= 11 is 0. The molecule has 2 aromatic carbocycles. The highest BCUT2D eigenvalue weighted by Gasteiger charge is 2.07. The monoisotopic (exact) mass is 337 g/mol. The van der Waals surface area contributed by atoms with Crippen LogP contribution in [0, 0.1) is 0 Å². The van der Waals surface area contributed by atoms with Gasteiger partial charge >= 0.3 is 5.63 Å². The minimum atomic E-state index is -0.389. The summed E-state index contributed by atoms with van der Waals surface area (Å²) in [7, 11) is 0. The molecule has 0 saturated carbocycles. The molecule has 0 atom stereocenters. The van der Waals surface area contributed by atoms with E-state index in [1.54, 1.807) is 24.3 Å². The van der Waals surface area contributed by atoms with E-state index in [4.69, 9.17) is 9.15 Å². The zero-order chi connectivity index (χ0) is 17.8. The number of hydrogen-bond donors (Lipinski definition) is 1. The molecule has 128 valence electrons. The van der Waals surface area contributed by atoms with Crippen molar-refractivity contribution in [2.75, 3.05) is 5.32 Å². The fourth-order valence-electron chi connectivity index (χ4n) is 2.61. The summed E-state index contributed by atoms with van der Waals surface area (Å²) in [6.45, 7) is 3.77. The molecule has 0 saturated heterocycles. The predicted molar refractivity (Wildman–Crippen MR) is 96.9 cm³/mol. The molecule has 5 heteroatoms. The predicted octanol–water partition coefficient (Wildman–Crippen LogP) is 3.89. The van der Waals surface area contributed by atoms with Crippen LogP contribution >= 0.6 is 0 Å². The zero-order valence-corrected chi connectivity index (χ0v) is 14.2. The van der Waals surface area contributed by atoms with E-state index in [9.17, 15) is 9.59 Å². The molecule has 1 aromatic heterocycles. The number of nitrogens with one attached hydrogen (secondary N) is 1. The van der Waals surface area contributed by atoms with E-state index in [1.807, 2.05) is 18.2 Å². The van der Waals surface area contributed by atoms with Gasteiger partial charge in [0.15, 0.2) is 0 Å². The molecule has 0 aliphatic heterocycles. The van der Waals surface area contributed by atoms with Crippen LogP contribution in [-0.4, -0.2) is 5.91 Å². The third-order valence-electron chi connectivity index (χ3n) is 3.87. The third kappa shape index (κ3) is 4.07. The highest BCUT2D eigenvalue weighted by molar-refractivity contribution is 5.88. The van der Waals surface area contributed by atoms with Gasteiger partial charge in [-0.05, 0) is 42.3 Å². The second-order valence-corrected chi connectivity index (χ2v) is 5.77. The number of fused-ring (bicyclic) bond motifs is 1. The molecule has 5 nitrogen and oxygen atoms in total. The Morgan fingerprint density at radius 1 is 1.12 bits per heavy atom. The second kappa shape index (κ2) is 7.21. The molecule has 0 fully saturated rings. The topological polar surface area (TPSA) is 68.5 Å². The Kier molecular flexibility index (Phi) is 4.84. The number of anilines is 1. The van der Waals surface area contributed by atoms with E-state index in [2.05, 4.69) is 12.2 Å². The molecule has 0 aliphatic carbocycles. The minimum absolute atomic E-state index is 0.123. The minimum Gasteiger partial charge on any atom is -0.489 e. The largest absolute Gasteiger partial charge is 0.489 e. The van der Waals surface area contributed by atoms with Crippen LogP contribution in [0.15, 0.2) is 57.7 Å². The smallest absolute Gasteiger partial charge is 0.336 e. The molecule has 3 rings (SSSR count). The van der Waals surface area contributed by atoms with Crippen LogP contribution < -0.4 is 15.7 Å². The number of carbonyl (C=O) groups is 1. The van der Waals surface area contributed by atoms with E-state index in [-0.39, 0.29) is 18.1 Å². The first kappa shape index (κ1) is 16.8. The number of carbonyl (C=O) groups excluding carboxylic acids is 1. The summed E-state index contributed by atoms with van der Waals surface area (Å²) < 4.78 is 11.1. The van der Waals surface area contributed by atoms with Gasteiger partial charge in [-0.3, -0.25) is 4.79 Å². The number of amides is 1. The number of rotatable bonds is 5. The Labute approximate surface area is 145 Å². The van der Waals surface area contributed by atoms with E-state index < -0.39 is 0 Å². The van der Waals surface area contributed by atoms with Gasteiger partial charge in [0.05, 0.1) is 0 Å². The van der Waals surface area contributed by atoms with Gasteiger partial charge in [0.2, 0.25) is 5.91 Å². The van der Waals surface area contributed by atoms with Crippen LogP contribution in [-0.2, 0) is 17.8 Å². The van der Waals surface area contributed by atoms with Gasteiger partial charge in [-0.15, -0.1) is 0 Å². The van der Waals surface area contributed by atoms with Crippen molar-refractivity contribution in [1.82, 2.24) is 0 Å². The summed E-state index contributed by atoms with van der Waals surface area (Å²) in [5.74, 6) is 0.531. The summed E-state index contributed by atoms with van der Waals surface area (Å²) in [6, 6.07) is 14.4. The van der Waals surface area contributed by atoms with Crippen molar-refractivity contribution in [2.24, 2.45) is 0 Å². The van der Waals surface area contributed by atoms with Gasteiger partial charge in [-0.25, -0.2) is 4.79 Å². The summed E-state index contributed by atoms with van der Waals surface area (Å²) in [5, 5.41) is 3.57. The molecule has 1 amide bonds. The van der Waals surface area contributed by atoms with Gasteiger partial charge < -0.3 is 14.5 Å². The van der Waals surface area contributed by atoms with Crippen LogP contribution in [0.3, 0.4) is 0 Å². The maximum absolute atomic E-state index is 11.8. The molecule has 25 heavy (non-hydrogen) atoms. The van der Waals surface area contributed by atoms with Gasteiger partial charge in [-0.1, -0.05) is 19.1 Å². The first-order valence-corrected chi connectivity index (χ1v) is 8.11. The lowest BCUT2D eigenvalue weighted by atomic mass is 10.1. The first-order valence-electron chi connectivity index (χ1n) is 8.11. The molecular weight excluding hydrogens is 318 g/mol. The van der Waals surface area contributed by atoms with Gasteiger partial charge in [0, 0.05) is 29.6 Å². The molecule has 0 radical (unpaired) electrons. The van der Waals surface area contributed by atoms with E-state index in [0.717, 1.165) is 22.9 Å². The van der Waals surface area contributed by atoms with Crippen molar-refractivity contribution in [3.63, 3.8) is 0 Å². The van der Waals surface area contributed by atoms with Crippen LogP contribution in [0.1, 0.15) is 25.0 Å². The highest BCUT2D eigenvalue weighted by Crippen LogP contribution is 2.22. The molecule has 1 heterocycles. The van der Waals surface area contributed by atoms with E-state index >= 15 is 0 Å². The maximum atomic E-state index is 11.8. The molecule has 0 spiro atoms. The quantitative estimate of drug-likeness (QED) is 0.717. The third-order valence-corrected chi connectivity index (χ3v) is 3.87. The van der Waals surface area contributed by atoms with Crippen molar-refractivity contribution >= 4 is 22.6 Å². The van der Waals surface area contributed by atoms with Gasteiger partial charge in [0.25, 0.3) is 0 Å². The summed E-state index contributed by atoms with van der Waals surface area (Å²) in [5.41, 5.74) is 2.78. The van der Waals surface area contributed by atoms with Crippen LogP contribution in [0.4, 0.5) is 5.69 Å². The van der Waals surface area contributed by atoms with Crippen molar-refractivity contribution in [3.8, 4) is 5.75 Å². The van der Waals surface area contributed by atoms with Crippen molar-refractivity contribution in [1.29, 1.82) is 0 Å². The lowest BCUT2D eigenvalue weighted by molar-refractivity contribution is -0.114. The number of aryl methyl sites for hydroxylation is 1. The summed E-state index contributed by atoms with van der Waals surface area (Å²) in [6.07, 6.45) is 0.876. The van der Waals surface area contributed by atoms with Crippen LogP contribution in [0.25, 0.3) is 11.0 Å². The number of benzene rings is 2. The fraction of sp³-hybridized carbons (Fsp3) is 0.200. The van der Waals surface area contributed by atoms with E-state index in [0.29, 0.717) is 17.0 Å². The fourth-order valence-corrected chi connectivity index (χ4v) is 2.61. The Balaban J connectivity index is 1.81. The SMILES string of the molecule is CCc1ccc2c(COc3ccc(NC(C)=O)cc3)cc(=O)oc2c1. The average molecular weight is 337 g/mol. The van der Waals surface area contributed by atoms with Crippen LogP contribution in [0.5, 0.6) is 5.75 Å². The van der Waals surface area contributed by atoms with Crippen molar-refractivity contribution < 1.29 is 13.9 Å². The normalized spacial score (nSPS) is 10.6. The lowest BCUT2D eigenvalue weighted by Gasteiger charge is -2.10. The molecule has 1 N–H and O–H groups in total. The van der Waals surface area contributed by atoms with Crippen LogP contribution in [0.2, 0.25) is 0 Å². The Bertz CT molecular complexity index is 958. The maximum Gasteiger partial charge on any atom is 0.336 e. The molecule has 0 aliphatic rings. The number of hydrogen-bond acceptors (Lipinski definition) is 4. The Morgan fingerprint density at radius 2 is 1.88 bits per heavy atom. The Morgan fingerprint density at radius 3 is 2.56 bits per heavy atom. The average Bonchev–Trinajstić information content (AvgIpc) is 2.59. The van der Waals surface area contributed by atoms with E-state index in [1.165, 1.54) is 13.0 Å². The van der Waals surface area contributed by atoms with Gasteiger partial charge in [-0.2, -0.15) is 0 Å². The molecule has 0 unspecified atom stereocenters. The standard InChI is InChI=1S/C20H19NO4/c1-3-14-4-9-18-15(11-20(23)25-19(18)10-14)12-24-17-7-5-16(6-8-17)21-13(2)22/h4-11H,3,12H2,1-2H3,(H,21,22). The first-order chi connectivity index (χ1) is 12.0. The lowest BCUT2D eigenvalue weighted by Crippen LogP contribution is -2.06. The highest BCUT2D eigenvalue weighted by atomic mass is 16.5. The molecular formula is C20H19NO4. The molecule has 3 aromatic rings. The second-order valence-electron chi connectivity index (χ2n) is 5.77. The van der Waals surface area contributed by atoms with Crippen molar-refractivity contribution in [3.05, 3.63) is 70.1 Å². The summed E-state index contributed by atoms with van der Waals surface area (Å²) in [4.78, 5) is 22.8. The zero-order valence-electron chi connectivity index (χ0n) is 14.2. The van der Waals surface area contributed by atoms with Gasteiger partial charge in [0.1, 0.15) is 17.9 Å². The Hall–Kier alpha value is -3.08.